The molecule has 2 aromatic rings. The molecule has 2 amide bonds. The minimum Gasteiger partial charge on any atom is -0.321 e. The summed E-state index contributed by atoms with van der Waals surface area (Å²) in [5.74, 6) is -0.466. The fourth-order valence-electron chi connectivity index (χ4n) is 2.71. The Morgan fingerprint density at radius 3 is 2.44 bits per heavy atom. The number of nitrogens with zero attached hydrogens (tertiary/aromatic N) is 2. The minimum atomic E-state index is -0.521. The van der Waals surface area contributed by atoms with Crippen molar-refractivity contribution < 1.29 is 9.59 Å². The normalized spacial score (nSPS) is 15.5. The molecule has 0 aromatic heterocycles. The van der Waals surface area contributed by atoms with E-state index in [-0.39, 0.29) is 17.2 Å². The first kappa shape index (κ1) is 18.7. The number of rotatable bonds is 3. The van der Waals surface area contributed by atoms with Gasteiger partial charge in [-0.15, -0.1) is 0 Å². The number of thioether (sulfide) groups is 1. The predicted octanol–water partition coefficient (Wildman–Crippen LogP) is 4.07. The van der Waals surface area contributed by atoms with Gasteiger partial charge in [-0.1, -0.05) is 35.5 Å². The quantitative estimate of drug-likeness (QED) is 0.646. The van der Waals surface area contributed by atoms with E-state index in [4.69, 9.17) is 0 Å². The monoisotopic (exact) mass is 377 g/mol. The second kappa shape index (κ2) is 7.68. The summed E-state index contributed by atoms with van der Waals surface area (Å²) in [5, 5.41) is 12.7. The van der Waals surface area contributed by atoms with Gasteiger partial charge in [0.2, 0.25) is 5.91 Å². The number of anilines is 2. The van der Waals surface area contributed by atoms with E-state index in [0.717, 1.165) is 16.7 Å². The van der Waals surface area contributed by atoms with Gasteiger partial charge in [-0.05, 0) is 56.2 Å². The van der Waals surface area contributed by atoms with Crippen molar-refractivity contribution in [2.45, 2.75) is 20.8 Å². The van der Waals surface area contributed by atoms with E-state index in [1.54, 1.807) is 12.1 Å². The lowest BCUT2D eigenvalue weighted by molar-refractivity contribution is -0.115. The molecule has 1 N–H and O–H groups in total. The van der Waals surface area contributed by atoms with Crippen molar-refractivity contribution in [2.75, 3.05) is 16.0 Å². The number of benzene rings is 2. The van der Waals surface area contributed by atoms with Crippen molar-refractivity contribution in [3.05, 3.63) is 69.8 Å². The number of amides is 2. The highest BCUT2D eigenvalue weighted by Gasteiger charge is 2.33. The van der Waals surface area contributed by atoms with Crippen LogP contribution < -0.4 is 10.2 Å². The summed E-state index contributed by atoms with van der Waals surface area (Å²) >= 11 is 1.21. The zero-order valence-corrected chi connectivity index (χ0v) is 16.2. The molecule has 1 aliphatic rings. The van der Waals surface area contributed by atoms with Crippen molar-refractivity contribution in [3.63, 3.8) is 0 Å². The van der Waals surface area contributed by atoms with Crippen LogP contribution in [0.2, 0.25) is 0 Å². The molecule has 0 spiro atoms. The number of nitrogens with one attached hydrogen (secondary N) is 1. The van der Waals surface area contributed by atoms with Crippen LogP contribution in [-0.2, 0) is 9.59 Å². The number of aryl methyl sites for hydroxylation is 3. The Labute approximate surface area is 162 Å². The van der Waals surface area contributed by atoms with Crippen molar-refractivity contribution in [3.8, 4) is 6.07 Å². The fraction of sp³-hybridized carbons (Fsp3) is 0.190. The summed E-state index contributed by atoms with van der Waals surface area (Å²) in [6.07, 6.45) is 0. The van der Waals surface area contributed by atoms with Crippen molar-refractivity contribution in [2.24, 2.45) is 0 Å². The molecule has 3 rings (SSSR count). The molecule has 0 saturated carbocycles. The molecule has 1 heterocycles. The average Bonchev–Trinajstić information content (AvgIpc) is 3.01. The van der Waals surface area contributed by atoms with Gasteiger partial charge in [-0.25, -0.2) is 0 Å². The van der Waals surface area contributed by atoms with Gasteiger partial charge in [0.1, 0.15) is 16.7 Å². The van der Waals surface area contributed by atoms with E-state index < -0.39 is 5.91 Å². The lowest BCUT2D eigenvalue weighted by atomic mass is 10.1. The summed E-state index contributed by atoms with van der Waals surface area (Å²) in [7, 11) is 0. The highest BCUT2D eigenvalue weighted by atomic mass is 32.2. The summed E-state index contributed by atoms with van der Waals surface area (Å²) in [4.78, 5) is 26.6. The zero-order valence-electron chi connectivity index (χ0n) is 15.4. The molecule has 0 bridgehead atoms. The Kier molecular flexibility index (Phi) is 5.33. The van der Waals surface area contributed by atoms with Crippen LogP contribution in [0.1, 0.15) is 16.7 Å². The third kappa shape index (κ3) is 3.88. The number of carbonyl (C=O) groups excluding carboxylic acids is 2. The summed E-state index contributed by atoms with van der Waals surface area (Å²) in [5.41, 5.74) is 4.43. The number of hydrogen-bond acceptors (Lipinski definition) is 4. The van der Waals surface area contributed by atoms with Crippen LogP contribution >= 0.6 is 11.8 Å². The van der Waals surface area contributed by atoms with Gasteiger partial charge in [0.05, 0.1) is 5.75 Å². The molecule has 1 aliphatic heterocycles. The molecule has 0 radical (unpaired) electrons. The molecular weight excluding hydrogens is 358 g/mol. The maximum absolute atomic E-state index is 12.7. The van der Waals surface area contributed by atoms with Gasteiger partial charge in [-0.3, -0.25) is 14.5 Å². The third-order valence-electron chi connectivity index (χ3n) is 4.40. The van der Waals surface area contributed by atoms with Crippen LogP contribution in [0.4, 0.5) is 11.4 Å². The van der Waals surface area contributed by atoms with Crippen LogP contribution in [0.15, 0.2) is 53.1 Å². The van der Waals surface area contributed by atoms with Crippen LogP contribution in [-0.4, -0.2) is 17.6 Å². The van der Waals surface area contributed by atoms with Crippen molar-refractivity contribution in [1.82, 2.24) is 0 Å². The summed E-state index contributed by atoms with van der Waals surface area (Å²) in [6.45, 7) is 5.91. The van der Waals surface area contributed by atoms with E-state index in [2.05, 4.69) is 5.32 Å². The first-order valence-electron chi connectivity index (χ1n) is 8.46. The topological polar surface area (TPSA) is 73.2 Å². The van der Waals surface area contributed by atoms with Crippen molar-refractivity contribution >= 4 is 35.0 Å². The Morgan fingerprint density at radius 2 is 1.81 bits per heavy atom. The third-order valence-corrected chi connectivity index (χ3v) is 5.45. The van der Waals surface area contributed by atoms with E-state index in [9.17, 15) is 14.9 Å². The Balaban J connectivity index is 1.97. The van der Waals surface area contributed by atoms with E-state index in [1.165, 1.54) is 16.7 Å². The number of hydrogen-bond donors (Lipinski definition) is 1. The number of carbonyl (C=O) groups is 2. The maximum Gasteiger partial charge on any atom is 0.269 e. The average molecular weight is 377 g/mol. The molecule has 0 unspecified atom stereocenters. The van der Waals surface area contributed by atoms with Gasteiger partial charge >= 0.3 is 0 Å². The second-order valence-electron chi connectivity index (χ2n) is 6.40. The Morgan fingerprint density at radius 1 is 1.11 bits per heavy atom. The summed E-state index contributed by atoms with van der Waals surface area (Å²) < 4.78 is 0. The van der Waals surface area contributed by atoms with E-state index in [1.807, 2.05) is 57.2 Å². The molecule has 5 nitrogen and oxygen atoms in total. The zero-order chi connectivity index (χ0) is 19.6. The minimum absolute atomic E-state index is 0.0651. The molecule has 0 atom stereocenters. The second-order valence-corrected chi connectivity index (χ2v) is 7.36. The maximum atomic E-state index is 12.7. The molecule has 27 heavy (non-hydrogen) atoms. The molecule has 136 valence electrons. The molecule has 1 fully saturated rings. The summed E-state index contributed by atoms with van der Waals surface area (Å²) in [6, 6.07) is 14.9. The number of nitriles is 1. The lowest BCUT2D eigenvalue weighted by Crippen LogP contribution is -2.27. The van der Waals surface area contributed by atoms with Gasteiger partial charge in [-0.2, -0.15) is 5.26 Å². The lowest BCUT2D eigenvalue weighted by Gasteiger charge is -2.19. The van der Waals surface area contributed by atoms with Crippen LogP contribution in [0.3, 0.4) is 0 Å². The van der Waals surface area contributed by atoms with Crippen LogP contribution in [0, 0.1) is 32.1 Å². The Bertz CT molecular complexity index is 987. The highest BCUT2D eigenvalue weighted by Crippen LogP contribution is 2.37. The van der Waals surface area contributed by atoms with Gasteiger partial charge < -0.3 is 5.32 Å². The molecule has 0 aliphatic carbocycles. The smallest absolute Gasteiger partial charge is 0.269 e. The fourth-order valence-corrected chi connectivity index (χ4v) is 3.72. The van der Waals surface area contributed by atoms with E-state index >= 15 is 0 Å². The van der Waals surface area contributed by atoms with Crippen molar-refractivity contribution in [1.29, 1.82) is 5.26 Å². The molecule has 1 saturated heterocycles. The Hall–Kier alpha value is -3.04. The van der Waals surface area contributed by atoms with Gasteiger partial charge in [0, 0.05) is 11.4 Å². The molecule has 6 heteroatoms. The van der Waals surface area contributed by atoms with Gasteiger partial charge in [0.25, 0.3) is 5.91 Å². The molecular formula is C21H19N3O2S. The SMILES string of the molecule is Cc1ccc(NC(=O)/C(C#N)=C2\SCC(=O)N2c2ccc(C)c(C)c2)cc1. The van der Waals surface area contributed by atoms with Gasteiger partial charge in [0.15, 0.2) is 0 Å². The highest BCUT2D eigenvalue weighted by molar-refractivity contribution is 8.04. The van der Waals surface area contributed by atoms with E-state index in [0.29, 0.717) is 16.4 Å². The van der Waals surface area contributed by atoms with Crippen LogP contribution in [0.25, 0.3) is 0 Å². The standard InChI is InChI=1S/C21H19N3O2S/c1-13-4-7-16(8-5-13)23-20(26)18(11-22)21-24(19(25)12-27-21)17-9-6-14(2)15(3)10-17/h4-10H,12H2,1-3H3,(H,23,26)/b21-18-. The largest absolute Gasteiger partial charge is 0.321 e. The first-order chi connectivity index (χ1) is 12.9. The molecule has 2 aromatic carbocycles. The first-order valence-corrected chi connectivity index (χ1v) is 9.44. The predicted molar refractivity (Wildman–Crippen MR) is 108 cm³/mol. The van der Waals surface area contributed by atoms with Crippen LogP contribution in [0.5, 0.6) is 0 Å².